The third-order valence-corrected chi connectivity index (χ3v) is 3.77. The predicted molar refractivity (Wildman–Crippen MR) is 73.9 cm³/mol. The number of amides is 2. The standard InChI is InChI=1S/C14H19N3O3/c1-10-3-2-6-17(14(10)20)9-12(18)16-7-4-11(5-8-16)13(15)19/h2-3,6,11H,4-5,7-9H2,1H3,(H2,15,19). The minimum Gasteiger partial charge on any atom is -0.369 e. The van der Waals surface area contributed by atoms with Crippen LogP contribution in [0.2, 0.25) is 0 Å². The normalized spacial score (nSPS) is 16.1. The van der Waals surface area contributed by atoms with Crippen molar-refractivity contribution in [2.75, 3.05) is 13.1 Å². The second kappa shape index (κ2) is 5.90. The average molecular weight is 277 g/mol. The summed E-state index contributed by atoms with van der Waals surface area (Å²) in [6.07, 6.45) is 2.82. The number of primary amides is 1. The van der Waals surface area contributed by atoms with Crippen LogP contribution in [0.15, 0.2) is 23.1 Å². The number of hydrogen-bond donors (Lipinski definition) is 1. The van der Waals surface area contributed by atoms with Crippen LogP contribution in [0.1, 0.15) is 18.4 Å². The largest absolute Gasteiger partial charge is 0.369 e. The van der Waals surface area contributed by atoms with Gasteiger partial charge in [-0.3, -0.25) is 14.4 Å². The molecule has 2 heterocycles. The lowest BCUT2D eigenvalue weighted by atomic mass is 9.96. The number of hydrogen-bond acceptors (Lipinski definition) is 3. The summed E-state index contributed by atoms with van der Waals surface area (Å²) in [6.45, 7) is 2.81. The maximum atomic E-state index is 12.2. The molecule has 0 aliphatic carbocycles. The van der Waals surface area contributed by atoms with E-state index in [1.165, 1.54) is 4.57 Å². The Morgan fingerprint density at radius 2 is 2.00 bits per heavy atom. The van der Waals surface area contributed by atoms with Gasteiger partial charge in [0.15, 0.2) is 0 Å². The predicted octanol–water partition coefficient (Wildman–Crippen LogP) is -0.119. The Bertz CT molecular complexity index is 571. The monoisotopic (exact) mass is 277 g/mol. The highest BCUT2D eigenvalue weighted by Gasteiger charge is 2.25. The SMILES string of the molecule is Cc1cccn(CC(=O)N2CCC(C(N)=O)CC2)c1=O. The van der Waals surface area contributed by atoms with Gasteiger partial charge < -0.3 is 15.2 Å². The van der Waals surface area contributed by atoms with Crippen molar-refractivity contribution in [2.45, 2.75) is 26.3 Å². The summed E-state index contributed by atoms with van der Waals surface area (Å²) >= 11 is 0. The molecule has 1 fully saturated rings. The van der Waals surface area contributed by atoms with E-state index in [-0.39, 0.29) is 29.8 Å². The van der Waals surface area contributed by atoms with Crippen LogP contribution in [0.3, 0.4) is 0 Å². The number of rotatable bonds is 3. The van der Waals surface area contributed by atoms with Gasteiger partial charge in [-0.1, -0.05) is 6.07 Å². The Kier molecular flexibility index (Phi) is 4.22. The van der Waals surface area contributed by atoms with Crippen LogP contribution in [0.5, 0.6) is 0 Å². The summed E-state index contributed by atoms with van der Waals surface area (Å²) in [5.74, 6) is -0.534. The van der Waals surface area contributed by atoms with Crippen molar-refractivity contribution in [1.29, 1.82) is 0 Å². The number of piperidine rings is 1. The lowest BCUT2D eigenvalue weighted by Crippen LogP contribution is -2.43. The molecule has 1 aromatic rings. The van der Waals surface area contributed by atoms with E-state index in [4.69, 9.17) is 5.73 Å². The van der Waals surface area contributed by atoms with Gasteiger partial charge >= 0.3 is 0 Å². The molecular formula is C14H19N3O3. The molecule has 6 heteroatoms. The van der Waals surface area contributed by atoms with Gasteiger partial charge in [-0.25, -0.2) is 0 Å². The van der Waals surface area contributed by atoms with E-state index in [1.54, 1.807) is 30.2 Å². The fourth-order valence-electron chi connectivity index (χ4n) is 2.44. The van der Waals surface area contributed by atoms with E-state index in [2.05, 4.69) is 0 Å². The summed E-state index contributed by atoms with van der Waals surface area (Å²) in [6, 6.07) is 3.48. The molecule has 6 nitrogen and oxygen atoms in total. The Hall–Kier alpha value is -2.11. The van der Waals surface area contributed by atoms with Crippen LogP contribution in [-0.4, -0.2) is 34.4 Å². The molecule has 1 aromatic heterocycles. The number of aromatic nitrogens is 1. The van der Waals surface area contributed by atoms with Gasteiger partial charge in [0.1, 0.15) is 6.54 Å². The first kappa shape index (κ1) is 14.3. The van der Waals surface area contributed by atoms with Gasteiger partial charge in [-0.2, -0.15) is 0 Å². The smallest absolute Gasteiger partial charge is 0.253 e. The third-order valence-electron chi connectivity index (χ3n) is 3.77. The zero-order valence-corrected chi connectivity index (χ0v) is 11.5. The zero-order valence-electron chi connectivity index (χ0n) is 11.5. The second-order valence-corrected chi connectivity index (χ2v) is 5.18. The number of nitrogens with zero attached hydrogens (tertiary/aromatic N) is 2. The van der Waals surface area contributed by atoms with Crippen molar-refractivity contribution in [1.82, 2.24) is 9.47 Å². The molecule has 20 heavy (non-hydrogen) atoms. The maximum Gasteiger partial charge on any atom is 0.253 e. The van der Waals surface area contributed by atoms with E-state index in [0.717, 1.165) is 0 Å². The van der Waals surface area contributed by atoms with Crippen molar-refractivity contribution in [3.05, 3.63) is 34.2 Å². The molecule has 0 unspecified atom stereocenters. The summed E-state index contributed by atoms with van der Waals surface area (Å²) < 4.78 is 1.41. The Morgan fingerprint density at radius 1 is 1.35 bits per heavy atom. The maximum absolute atomic E-state index is 12.2. The first-order valence-corrected chi connectivity index (χ1v) is 6.72. The van der Waals surface area contributed by atoms with E-state index < -0.39 is 0 Å². The van der Waals surface area contributed by atoms with Crippen molar-refractivity contribution < 1.29 is 9.59 Å². The van der Waals surface area contributed by atoms with Crippen molar-refractivity contribution >= 4 is 11.8 Å². The van der Waals surface area contributed by atoms with Gasteiger partial charge in [0.25, 0.3) is 5.56 Å². The highest BCUT2D eigenvalue weighted by atomic mass is 16.2. The highest BCUT2D eigenvalue weighted by Crippen LogP contribution is 2.16. The molecule has 0 bridgehead atoms. The van der Waals surface area contributed by atoms with E-state index >= 15 is 0 Å². The summed E-state index contributed by atoms with van der Waals surface area (Å²) in [7, 11) is 0. The minimum atomic E-state index is -0.299. The van der Waals surface area contributed by atoms with Crippen LogP contribution in [0.4, 0.5) is 0 Å². The Balaban J connectivity index is 1.98. The number of likely N-dealkylation sites (tertiary alicyclic amines) is 1. The van der Waals surface area contributed by atoms with Crippen LogP contribution in [-0.2, 0) is 16.1 Å². The number of aryl methyl sites for hydroxylation is 1. The van der Waals surface area contributed by atoms with Crippen LogP contribution in [0.25, 0.3) is 0 Å². The van der Waals surface area contributed by atoms with Crippen LogP contribution < -0.4 is 11.3 Å². The fraction of sp³-hybridized carbons (Fsp3) is 0.500. The van der Waals surface area contributed by atoms with Crippen molar-refractivity contribution in [2.24, 2.45) is 11.7 Å². The summed E-state index contributed by atoms with van der Waals surface area (Å²) in [5.41, 5.74) is 5.73. The topological polar surface area (TPSA) is 85.4 Å². The first-order valence-electron chi connectivity index (χ1n) is 6.72. The fourth-order valence-corrected chi connectivity index (χ4v) is 2.44. The Labute approximate surface area is 117 Å². The lowest BCUT2D eigenvalue weighted by molar-refractivity contribution is -0.135. The molecule has 0 radical (unpaired) electrons. The molecule has 2 rings (SSSR count). The molecule has 0 saturated carbocycles. The zero-order chi connectivity index (χ0) is 14.7. The number of carbonyl (C=O) groups excluding carboxylic acids is 2. The Morgan fingerprint density at radius 3 is 2.60 bits per heavy atom. The number of nitrogens with two attached hydrogens (primary N) is 1. The van der Waals surface area contributed by atoms with E-state index in [9.17, 15) is 14.4 Å². The minimum absolute atomic E-state index is 0.0434. The number of pyridine rings is 1. The van der Waals surface area contributed by atoms with E-state index in [0.29, 0.717) is 31.5 Å². The van der Waals surface area contributed by atoms with Gasteiger partial charge in [0.05, 0.1) is 0 Å². The van der Waals surface area contributed by atoms with Gasteiger partial charge in [-0.05, 0) is 25.8 Å². The number of carbonyl (C=O) groups is 2. The van der Waals surface area contributed by atoms with E-state index in [1.807, 2.05) is 0 Å². The quantitative estimate of drug-likeness (QED) is 0.836. The molecule has 2 amide bonds. The van der Waals surface area contributed by atoms with Crippen LogP contribution in [0, 0.1) is 12.8 Å². The molecule has 1 saturated heterocycles. The molecule has 0 atom stereocenters. The summed E-state index contributed by atoms with van der Waals surface area (Å²) in [5, 5.41) is 0. The third kappa shape index (κ3) is 3.07. The molecular weight excluding hydrogens is 258 g/mol. The van der Waals surface area contributed by atoms with Gasteiger partial charge in [-0.15, -0.1) is 0 Å². The highest BCUT2D eigenvalue weighted by molar-refractivity contribution is 5.78. The van der Waals surface area contributed by atoms with Gasteiger partial charge in [0, 0.05) is 30.8 Å². The van der Waals surface area contributed by atoms with Crippen molar-refractivity contribution in [3.8, 4) is 0 Å². The second-order valence-electron chi connectivity index (χ2n) is 5.18. The van der Waals surface area contributed by atoms with Crippen LogP contribution >= 0.6 is 0 Å². The van der Waals surface area contributed by atoms with Crippen molar-refractivity contribution in [3.63, 3.8) is 0 Å². The first-order chi connectivity index (χ1) is 9.49. The molecule has 0 aromatic carbocycles. The van der Waals surface area contributed by atoms with Gasteiger partial charge in [0.2, 0.25) is 11.8 Å². The summed E-state index contributed by atoms with van der Waals surface area (Å²) in [4.78, 5) is 36.8. The lowest BCUT2D eigenvalue weighted by Gasteiger charge is -2.30. The molecule has 0 spiro atoms. The molecule has 108 valence electrons. The average Bonchev–Trinajstić information content (AvgIpc) is 2.44. The molecule has 1 aliphatic rings. The molecule has 2 N–H and O–H groups in total. The molecule has 1 aliphatic heterocycles.